The highest BCUT2D eigenvalue weighted by Crippen LogP contribution is 2.23. The number of hydrogen-bond donors (Lipinski definition) is 0. The second-order valence-corrected chi connectivity index (χ2v) is 6.77. The number of amides is 1. The van der Waals surface area contributed by atoms with Crippen LogP contribution in [-0.4, -0.2) is 17.0 Å². The molecule has 0 saturated carbocycles. The van der Waals surface area contributed by atoms with Crippen LogP contribution in [0.25, 0.3) is 0 Å². The Hall–Kier alpha value is -2.85. The van der Waals surface area contributed by atoms with Gasteiger partial charge in [0.1, 0.15) is 11.6 Å². The Labute approximate surface area is 164 Å². The van der Waals surface area contributed by atoms with Crippen LogP contribution >= 0.6 is 11.6 Å². The topological polar surface area (TPSA) is 42.4 Å². The molecule has 3 rings (SSSR count). The number of carbonyl (C=O) groups is 1. The van der Waals surface area contributed by atoms with Gasteiger partial charge in [-0.05, 0) is 61.9 Å². The third-order valence-corrected chi connectivity index (χ3v) is 4.30. The fourth-order valence-corrected chi connectivity index (χ4v) is 2.87. The first kappa shape index (κ1) is 18.9. The summed E-state index contributed by atoms with van der Waals surface area (Å²) in [6, 6.07) is 20.1. The van der Waals surface area contributed by atoms with E-state index in [0.29, 0.717) is 22.9 Å². The van der Waals surface area contributed by atoms with Crippen molar-refractivity contribution in [3.05, 3.63) is 89.1 Å². The molecule has 1 aromatic heterocycles. The molecule has 0 aliphatic heterocycles. The molecule has 0 spiro atoms. The number of pyridine rings is 1. The summed E-state index contributed by atoms with van der Waals surface area (Å²) in [5.74, 6) is 1.16. The zero-order valence-corrected chi connectivity index (χ0v) is 16.1. The predicted molar refractivity (Wildman–Crippen MR) is 108 cm³/mol. The normalized spacial score (nSPS) is 10.7. The summed E-state index contributed by atoms with van der Waals surface area (Å²) < 4.78 is 5.65. The molecule has 0 bridgehead atoms. The van der Waals surface area contributed by atoms with Crippen LogP contribution in [0.4, 0.5) is 5.82 Å². The summed E-state index contributed by atoms with van der Waals surface area (Å²) in [7, 11) is 0. The third-order valence-electron chi connectivity index (χ3n) is 3.93. The van der Waals surface area contributed by atoms with Gasteiger partial charge in [-0.2, -0.15) is 0 Å². The van der Waals surface area contributed by atoms with Crippen LogP contribution in [-0.2, 0) is 6.54 Å². The number of rotatable bonds is 6. The van der Waals surface area contributed by atoms with Crippen molar-refractivity contribution >= 4 is 23.3 Å². The maximum atomic E-state index is 13.2. The van der Waals surface area contributed by atoms with Gasteiger partial charge in [0.05, 0.1) is 12.6 Å². The molecule has 138 valence electrons. The van der Waals surface area contributed by atoms with Crippen molar-refractivity contribution in [3.63, 3.8) is 0 Å². The number of anilines is 1. The van der Waals surface area contributed by atoms with Crippen molar-refractivity contribution in [2.24, 2.45) is 0 Å². The van der Waals surface area contributed by atoms with Crippen molar-refractivity contribution in [1.82, 2.24) is 4.98 Å². The standard InChI is InChI=1S/C22H21ClN2O2/c1-16(2)27-19-12-10-17(11-13-19)22(26)25(21-9-5-6-14-24-21)15-18-7-3-4-8-20(18)23/h3-14,16H,15H2,1-2H3. The molecule has 0 unspecified atom stereocenters. The Balaban J connectivity index is 1.90. The number of hydrogen-bond acceptors (Lipinski definition) is 3. The zero-order chi connectivity index (χ0) is 19.2. The summed E-state index contributed by atoms with van der Waals surface area (Å²) in [6.45, 7) is 4.26. The lowest BCUT2D eigenvalue weighted by Gasteiger charge is -2.22. The van der Waals surface area contributed by atoms with E-state index < -0.39 is 0 Å². The summed E-state index contributed by atoms with van der Waals surface area (Å²) in [6.07, 6.45) is 1.75. The molecular weight excluding hydrogens is 360 g/mol. The van der Waals surface area contributed by atoms with E-state index in [1.165, 1.54) is 0 Å². The number of benzene rings is 2. The van der Waals surface area contributed by atoms with E-state index in [1.807, 2.05) is 56.3 Å². The second kappa shape index (κ2) is 8.69. The van der Waals surface area contributed by atoms with Gasteiger partial charge in [-0.15, -0.1) is 0 Å². The summed E-state index contributed by atoms with van der Waals surface area (Å²) in [5, 5.41) is 0.618. The van der Waals surface area contributed by atoms with Crippen molar-refractivity contribution in [2.75, 3.05) is 4.90 Å². The first-order valence-electron chi connectivity index (χ1n) is 8.77. The van der Waals surface area contributed by atoms with Crippen LogP contribution in [0.3, 0.4) is 0 Å². The van der Waals surface area contributed by atoms with Crippen molar-refractivity contribution in [3.8, 4) is 5.75 Å². The van der Waals surface area contributed by atoms with Gasteiger partial charge in [0.25, 0.3) is 5.91 Å². The van der Waals surface area contributed by atoms with Crippen LogP contribution in [0.1, 0.15) is 29.8 Å². The molecule has 1 amide bonds. The summed E-state index contributed by atoms with van der Waals surface area (Å²) in [4.78, 5) is 19.2. The van der Waals surface area contributed by atoms with E-state index in [9.17, 15) is 4.79 Å². The van der Waals surface area contributed by atoms with Crippen LogP contribution in [0, 0.1) is 0 Å². The molecule has 0 saturated heterocycles. The first-order valence-corrected chi connectivity index (χ1v) is 9.15. The first-order chi connectivity index (χ1) is 13.0. The third kappa shape index (κ3) is 4.86. The molecular formula is C22H21ClN2O2. The van der Waals surface area contributed by atoms with E-state index in [4.69, 9.17) is 16.3 Å². The molecule has 2 aromatic carbocycles. The highest BCUT2D eigenvalue weighted by molar-refractivity contribution is 6.31. The largest absolute Gasteiger partial charge is 0.491 e. The molecule has 4 nitrogen and oxygen atoms in total. The van der Waals surface area contributed by atoms with Crippen LogP contribution in [0.15, 0.2) is 72.9 Å². The quantitative estimate of drug-likeness (QED) is 0.577. The Morgan fingerprint density at radius 3 is 2.37 bits per heavy atom. The number of nitrogens with zero attached hydrogens (tertiary/aromatic N) is 2. The maximum absolute atomic E-state index is 13.2. The highest BCUT2D eigenvalue weighted by atomic mass is 35.5. The van der Waals surface area contributed by atoms with Crippen LogP contribution in [0.5, 0.6) is 5.75 Å². The smallest absolute Gasteiger partial charge is 0.259 e. The molecule has 3 aromatic rings. The van der Waals surface area contributed by atoms with E-state index in [2.05, 4.69) is 4.98 Å². The minimum Gasteiger partial charge on any atom is -0.491 e. The maximum Gasteiger partial charge on any atom is 0.259 e. The second-order valence-electron chi connectivity index (χ2n) is 6.36. The van der Waals surface area contributed by atoms with Gasteiger partial charge in [0.15, 0.2) is 0 Å². The minimum atomic E-state index is -0.148. The van der Waals surface area contributed by atoms with Gasteiger partial charge >= 0.3 is 0 Å². The van der Waals surface area contributed by atoms with Gasteiger partial charge in [0, 0.05) is 16.8 Å². The fraction of sp³-hybridized carbons (Fsp3) is 0.182. The minimum absolute atomic E-state index is 0.0804. The van der Waals surface area contributed by atoms with Gasteiger partial charge in [-0.25, -0.2) is 4.98 Å². The van der Waals surface area contributed by atoms with Gasteiger partial charge < -0.3 is 4.74 Å². The molecule has 5 heteroatoms. The zero-order valence-electron chi connectivity index (χ0n) is 15.3. The fourth-order valence-electron chi connectivity index (χ4n) is 2.67. The van der Waals surface area contributed by atoms with Crippen LogP contribution in [0.2, 0.25) is 5.02 Å². The Morgan fingerprint density at radius 1 is 1.04 bits per heavy atom. The van der Waals surface area contributed by atoms with Gasteiger partial charge in [-0.1, -0.05) is 35.9 Å². The lowest BCUT2D eigenvalue weighted by atomic mass is 10.1. The van der Waals surface area contributed by atoms with Crippen molar-refractivity contribution in [2.45, 2.75) is 26.5 Å². The monoisotopic (exact) mass is 380 g/mol. The van der Waals surface area contributed by atoms with E-state index in [1.54, 1.807) is 35.4 Å². The molecule has 27 heavy (non-hydrogen) atoms. The molecule has 0 aliphatic rings. The Morgan fingerprint density at radius 2 is 1.74 bits per heavy atom. The summed E-state index contributed by atoms with van der Waals surface area (Å²) in [5.41, 5.74) is 1.42. The predicted octanol–water partition coefficient (Wildman–Crippen LogP) is 5.37. The number of halogens is 1. The number of ether oxygens (including phenoxy) is 1. The van der Waals surface area contributed by atoms with Gasteiger partial charge in [-0.3, -0.25) is 9.69 Å². The average Bonchev–Trinajstić information content (AvgIpc) is 2.68. The SMILES string of the molecule is CC(C)Oc1ccc(C(=O)N(Cc2ccccc2Cl)c2ccccn2)cc1. The van der Waals surface area contributed by atoms with Crippen LogP contribution < -0.4 is 9.64 Å². The molecule has 0 fully saturated rings. The average molecular weight is 381 g/mol. The lowest BCUT2D eigenvalue weighted by Crippen LogP contribution is -2.31. The van der Waals surface area contributed by atoms with Gasteiger partial charge in [0.2, 0.25) is 0 Å². The van der Waals surface area contributed by atoms with Crippen molar-refractivity contribution in [1.29, 1.82) is 0 Å². The summed E-state index contributed by atoms with van der Waals surface area (Å²) >= 11 is 6.30. The Bertz CT molecular complexity index is 896. The van der Waals surface area contributed by atoms with Crippen molar-refractivity contribution < 1.29 is 9.53 Å². The lowest BCUT2D eigenvalue weighted by molar-refractivity contribution is 0.0984. The number of carbonyl (C=O) groups excluding carboxylic acids is 1. The highest BCUT2D eigenvalue weighted by Gasteiger charge is 2.20. The molecule has 0 radical (unpaired) electrons. The van der Waals surface area contributed by atoms with E-state index in [-0.39, 0.29) is 12.0 Å². The van der Waals surface area contributed by atoms with E-state index >= 15 is 0 Å². The molecule has 0 N–H and O–H groups in total. The Kier molecular flexibility index (Phi) is 6.09. The van der Waals surface area contributed by atoms with E-state index in [0.717, 1.165) is 11.3 Å². The molecule has 0 aliphatic carbocycles. The molecule has 1 heterocycles. The molecule has 0 atom stereocenters. The number of aromatic nitrogens is 1.